The standard InChI is InChI=1S/C13H19N3O3/c1-3-4-10-7-12(15-9-14-10)16-5-6-19-8-11(16)13(17)18-2/h7,9,11H,3-6,8H2,1-2H3. The molecule has 0 amide bonds. The number of carbonyl (C=O) groups excluding carboxylic acids is 1. The molecular formula is C13H19N3O3. The second-order valence-electron chi connectivity index (χ2n) is 4.42. The maximum atomic E-state index is 11.8. The fraction of sp³-hybridized carbons (Fsp3) is 0.615. The van der Waals surface area contributed by atoms with E-state index in [1.54, 1.807) is 6.33 Å². The predicted octanol–water partition coefficient (Wildman–Crippen LogP) is 0.807. The molecule has 0 N–H and O–H groups in total. The Morgan fingerprint density at radius 2 is 2.42 bits per heavy atom. The first-order valence-corrected chi connectivity index (χ1v) is 6.49. The predicted molar refractivity (Wildman–Crippen MR) is 70.0 cm³/mol. The van der Waals surface area contributed by atoms with E-state index in [4.69, 9.17) is 9.47 Å². The van der Waals surface area contributed by atoms with Gasteiger partial charge in [-0.2, -0.15) is 0 Å². The molecule has 2 rings (SSSR count). The van der Waals surface area contributed by atoms with Gasteiger partial charge >= 0.3 is 5.97 Å². The largest absolute Gasteiger partial charge is 0.467 e. The van der Waals surface area contributed by atoms with Gasteiger partial charge in [0.15, 0.2) is 6.04 Å². The smallest absolute Gasteiger partial charge is 0.330 e. The molecule has 1 atom stereocenters. The minimum absolute atomic E-state index is 0.296. The van der Waals surface area contributed by atoms with Crippen molar-refractivity contribution < 1.29 is 14.3 Å². The van der Waals surface area contributed by atoms with Crippen LogP contribution in [0.2, 0.25) is 0 Å². The van der Waals surface area contributed by atoms with Crippen LogP contribution in [0.5, 0.6) is 0 Å². The molecule has 19 heavy (non-hydrogen) atoms. The number of aryl methyl sites for hydroxylation is 1. The molecule has 6 heteroatoms. The molecule has 1 aliphatic heterocycles. The van der Waals surface area contributed by atoms with Gasteiger partial charge in [-0.3, -0.25) is 0 Å². The summed E-state index contributed by atoms with van der Waals surface area (Å²) in [5, 5.41) is 0. The number of carbonyl (C=O) groups is 1. The third-order valence-corrected chi connectivity index (χ3v) is 3.11. The van der Waals surface area contributed by atoms with E-state index in [-0.39, 0.29) is 5.97 Å². The fourth-order valence-corrected chi connectivity index (χ4v) is 2.14. The van der Waals surface area contributed by atoms with Gasteiger partial charge < -0.3 is 14.4 Å². The van der Waals surface area contributed by atoms with Gasteiger partial charge in [-0.1, -0.05) is 13.3 Å². The zero-order valence-electron chi connectivity index (χ0n) is 11.3. The average Bonchev–Trinajstić information content (AvgIpc) is 2.47. The summed E-state index contributed by atoms with van der Waals surface area (Å²) in [5.74, 6) is 0.465. The van der Waals surface area contributed by atoms with Crippen LogP contribution in [-0.4, -0.2) is 48.8 Å². The van der Waals surface area contributed by atoms with Crippen molar-refractivity contribution in [2.24, 2.45) is 0 Å². The van der Waals surface area contributed by atoms with E-state index in [1.165, 1.54) is 7.11 Å². The van der Waals surface area contributed by atoms with E-state index in [1.807, 2.05) is 11.0 Å². The molecule has 1 fully saturated rings. The van der Waals surface area contributed by atoms with Gasteiger partial charge in [0.1, 0.15) is 12.1 Å². The maximum Gasteiger partial charge on any atom is 0.330 e. The molecule has 104 valence electrons. The Morgan fingerprint density at radius 3 is 3.16 bits per heavy atom. The average molecular weight is 265 g/mol. The van der Waals surface area contributed by atoms with Crippen LogP contribution in [0, 0.1) is 0 Å². The molecule has 0 aliphatic carbocycles. The van der Waals surface area contributed by atoms with Crippen molar-refractivity contribution in [3.05, 3.63) is 18.1 Å². The summed E-state index contributed by atoms with van der Waals surface area (Å²) in [6.07, 6.45) is 3.48. The van der Waals surface area contributed by atoms with Gasteiger partial charge in [0.25, 0.3) is 0 Å². The van der Waals surface area contributed by atoms with Gasteiger partial charge in [0.2, 0.25) is 0 Å². The highest BCUT2D eigenvalue weighted by Gasteiger charge is 2.31. The lowest BCUT2D eigenvalue weighted by Gasteiger charge is -2.34. The Hall–Kier alpha value is -1.69. The lowest BCUT2D eigenvalue weighted by Crippen LogP contribution is -2.51. The minimum Gasteiger partial charge on any atom is -0.467 e. The van der Waals surface area contributed by atoms with Gasteiger partial charge in [0.05, 0.1) is 20.3 Å². The number of hydrogen-bond donors (Lipinski definition) is 0. The van der Waals surface area contributed by atoms with Crippen molar-refractivity contribution in [1.29, 1.82) is 0 Å². The molecular weight excluding hydrogens is 246 g/mol. The maximum absolute atomic E-state index is 11.8. The molecule has 0 bridgehead atoms. The Labute approximate surface area is 112 Å². The van der Waals surface area contributed by atoms with Crippen LogP contribution in [0.15, 0.2) is 12.4 Å². The number of ether oxygens (including phenoxy) is 2. The first kappa shape index (κ1) is 13.7. The SMILES string of the molecule is CCCc1cc(N2CCOCC2C(=O)OC)ncn1. The van der Waals surface area contributed by atoms with E-state index >= 15 is 0 Å². The van der Waals surface area contributed by atoms with Crippen molar-refractivity contribution in [1.82, 2.24) is 9.97 Å². The summed E-state index contributed by atoms with van der Waals surface area (Å²) in [6.45, 7) is 3.65. The van der Waals surface area contributed by atoms with Crippen molar-refractivity contribution in [3.63, 3.8) is 0 Å². The third-order valence-electron chi connectivity index (χ3n) is 3.11. The molecule has 1 aromatic heterocycles. The Balaban J connectivity index is 2.21. The molecule has 1 unspecified atom stereocenters. The van der Waals surface area contributed by atoms with Crippen LogP contribution in [-0.2, 0) is 20.7 Å². The Kier molecular flexibility index (Phi) is 4.68. The number of hydrogen-bond acceptors (Lipinski definition) is 6. The number of aromatic nitrogens is 2. The van der Waals surface area contributed by atoms with Crippen molar-refractivity contribution in [3.8, 4) is 0 Å². The highest BCUT2D eigenvalue weighted by molar-refractivity contribution is 5.80. The van der Waals surface area contributed by atoms with Crippen LogP contribution in [0.4, 0.5) is 5.82 Å². The summed E-state index contributed by atoms with van der Waals surface area (Å²) in [6, 6.07) is 1.51. The van der Waals surface area contributed by atoms with Gasteiger partial charge in [-0.25, -0.2) is 14.8 Å². The van der Waals surface area contributed by atoms with Crippen LogP contribution in [0.1, 0.15) is 19.0 Å². The Morgan fingerprint density at radius 1 is 1.58 bits per heavy atom. The van der Waals surface area contributed by atoms with E-state index < -0.39 is 6.04 Å². The molecule has 1 saturated heterocycles. The molecule has 0 aromatic carbocycles. The Bertz CT molecular complexity index is 439. The summed E-state index contributed by atoms with van der Waals surface area (Å²) in [5.41, 5.74) is 0.989. The number of anilines is 1. The summed E-state index contributed by atoms with van der Waals surface area (Å²) in [7, 11) is 1.39. The summed E-state index contributed by atoms with van der Waals surface area (Å²) >= 11 is 0. The second-order valence-corrected chi connectivity index (χ2v) is 4.42. The zero-order valence-corrected chi connectivity index (χ0v) is 11.3. The van der Waals surface area contributed by atoms with Crippen molar-refractivity contribution in [2.45, 2.75) is 25.8 Å². The number of esters is 1. The highest BCUT2D eigenvalue weighted by Crippen LogP contribution is 2.18. The highest BCUT2D eigenvalue weighted by atomic mass is 16.5. The zero-order chi connectivity index (χ0) is 13.7. The number of nitrogens with zero attached hydrogens (tertiary/aromatic N) is 3. The molecule has 0 spiro atoms. The topological polar surface area (TPSA) is 64.5 Å². The lowest BCUT2D eigenvalue weighted by molar-refractivity contribution is -0.144. The first-order valence-electron chi connectivity index (χ1n) is 6.49. The van der Waals surface area contributed by atoms with E-state index in [0.717, 1.165) is 24.4 Å². The number of morpholine rings is 1. The van der Waals surface area contributed by atoms with Crippen molar-refractivity contribution in [2.75, 3.05) is 31.8 Å². The molecule has 0 radical (unpaired) electrons. The van der Waals surface area contributed by atoms with Crippen LogP contribution in [0.25, 0.3) is 0 Å². The third kappa shape index (κ3) is 3.20. The van der Waals surface area contributed by atoms with Gasteiger partial charge in [0, 0.05) is 18.3 Å². The van der Waals surface area contributed by atoms with Crippen molar-refractivity contribution >= 4 is 11.8 Å². The van der Waals surface area contributed by atoms with Crippen LogP contribution in [0.3, 0.4) is 0 Å². The van der Waals surface area contributed by atoms with Crippen LogP contribution < -0.4 is 4.90 Å². The van der Waals surface area contributed by atoms with Gasteiger partial charge in [-0.05, 0) is 6.42 Å². The first-order chi connectivity index (χ1) is 9.26. The van der Waals surface area contributed by atoms with E-state index in [9.17, 15) is 4.79 Å². The summed E-state index contributed by atoms with van der Waals surface area (Å²) < 4.78 is 10.2. The molecule has 1 aliphatic rings. The molecule has 6 nitrogen and oxygen atoms in total. The van der Waals surface area contributed by atoms with Crippen LogP contribution >= 0.6 is 0 Å². The number of rotatable bonds is 4. The second kappa shape index (κ2) is 6.47. The summed E-state index contributed by atoms with van der Waals surface area (Å²) in [4.78, 5) is 22.2. The fourth-order valence-electron chi connectivity index (χ4n) is 2.14. The van der Waals surface area contributed by atoms with E-state index in [0.29, 0.717) is 19.8 Å². The van der Waals surface area contributed by atoms with E-state index in [2.05, 4.69) is 16.9 Å². The lowest BCUT2D eigenvalue weighted by atomic mass is 10.2. The normalized spacial score (nSPS) is 19.3. The molecule has 1 aromatic rings. The van der Waals surface area contributed by atoms with Gasteiger partial charge in [-0.15, -0.1) is 0 Å². The minimum atomic E-state index is -0.428. The quantitative estimate of drug-likeness (QED) is 0.751. The monoisotopic (exact) mass is 265 g/mol. The molecule has 2 heterocycles. The molecule has 0 saturated carbocycles. The number of methoxy groups -OCH3 is 1.